The first-order valence-corrected chi connectivity index (χ1v) is 6.70. The molecule has 110 valence electrons. The number of pyridine rings is 1. The fourth-order valence-corrected chi connectivity index (χ4v) is 2.44. The van der Waals surface area contributed by atoms with Gasteiger partial charge in [-0.05, 0) is 31.5 Å². The van der Waals surface area contributed by atoms with E-state index >= 15 is 0 Å². The number of nitro groups is 1. The van der Waals surface area contributed by atoms with Crippen LogP contribution in [0, 0.1) is 24.0 Å². The first kappa shape index (κ1) is 13.9. The van der Waals surface area contributed by atoms with Crippen molar-refractivity contribution >= 4 is 17.6 Å². The second-order valence-electron chi connectivity index (χ2n) is 5.15. The van der Waals surface area contributed by atoms with E-state index in [2.05, 4.69) is 4.98 Å². The summed E-state index contributed by atoms with van der Waals surface area (Å²) < 4.78 is 1.68. The maximum absolute atomic E-state index is 11.5. The van der Waals surface area contributed by atoms with Gasteiger partial charge in [0.25, 0.3) is 5.69 Å². The van der Waals surface area contributed by atoms with Crippen LogP contribution in [0.25, 0.3) is 16.9 Å². The zero-order chi connectivity index (χ0) is 15.9. The number of imidazole rings is 1. The Balaban J connectivity index is 2.28. The van der Waals surface area contributed by atoms with Gasteiger partial charge in [0.2, 0.25) is 0 Å². The molecule has 0 atom stereocenters. The lowest BCUT2D eigenvalue weighted by atomic mass is 10.1. The number of fused-ring (bicyclic) bond motifs is 1. The normalized spacial score (nSPS) is 10.8. The third-order valence-corrected chi connectivity index (χ3v) is 3.61. The number of aryl methyl sites for hydroxylation is 2. The maximum atomic E-state index is 11.5. The molecule has 0 amide bonds. The number of carbonyl (C=O) groups is 1. The Kier molecular flexibility index (Phi) is 3.21. The highest BCUT2D eigenvalue weighted by atomic mass is 16.6. The van der Waals surface area contributed by atoms with Crippen LogP contribution < -0.4 is 0 Å². The van der Waals surface area contributed by atoms with Crippen molar-refractivity contribution in [2.24, 2.45) is 0 Å². The van der Waals surface area contributed by atoms with E-state index in [-0.39, 0.29) is 5.69 Å². The molecule has 0 aliphatic rings. The van der Waals surface area contributed by atoms with Gasteiger partial charge in [0.1, 0.15) is 17.0 Å². The van der Waals surface area contributed by atoms with Crippen molar-refractivity contribution in [1.29, 1.82) is 0 Å². The fourth-order valence-electron chi connectivity index (χ4n) is 2.44. The number of aldehydes is 1. The molecule has 0 bridgehead atoms. The van der Waals surface area contributed by atoms with Crippen molar-refractivity contribution < 1.29 is 9.72 Å². The topological polar surface area (TPSA) is 77.5 Å². The molecule has 0 radical (unpaired) electrons. The Morgan fingerprint density at radius 3 is 2.68 bits per heavy atom. The highest BCUT2D eigenvalue weighted by Crippen LogP contribution is 2.29. The summed E-state index contributed by atoms with van der Waals surface area (Å²) in [6.07, 6.45) is 2.49. The Bertz CT molecular complexity index is 912. The summed E-state index contributed by atoms with van der Waals surface area (Å²) in [4.78, 5) is 26.6. The largest absolute Gasteiger partial charge is 0.297 e. The molecule has 6 nitrogen and oxygen atoms in total. The fraction of sp³-hybridized carbons (Fsp3) is 0.125. The Labute approximate surface area is 126 Å². The minimum atomic E-state index is -0.431. The molecule has 6 heteroatoms. The highest BCUT2D eigenvalue weighted by molar-refractivity contribution is 5.86. The molecule has 0 spiro atoms. The first-order chi connectivity index (χ1) is 10.5. The van der Waals surface area contributed by atoms with E-state index in [4.69, 9.17) is 0 Å². The van der Waals surface area contributed by atoms with Crippen LogP contribution in [0.3, 0.4) is 0 Å². The van der Waals surface area contributed by atoms with Crippen LogP contribution in [0.5, 0.6) is 0 Å². The van der Waals surface area contributed by atoms with Gasteiger partial charge >= 0.3 is 0 Å². The van der Waals surface area contributed by atoms with Gasteiger partial charge in [0.05, 0.1) is 4.92 Å². The van der Waals surface area contributed by atoms with Crippen molar-refractivity contribution in [3.63, 3.8) is 0 Å². The summed E-state index contributed by atoms with van der Waals surface area (Å²) in [6, 6.07) is 8.60. The van der Waals surface area contributed by atoms with Crippen LogP contribution in [-0.2, 0) is 0 Å². The predicted octanol–water partition coefficient (Wildman–Crippen LogP) is 3.34. The molecule has 2 heterocycles. The molecule has 1 aromatic carbocycles. The third kappa shape index (κ3) is 2.14. The molecule has 2 aromatic heterocycles. The van der Waals surface area contributed by atoms with Gasteiger partial charge in [-0.25, -0.2) is 4.98 Å². The molecule has 0 aliphatic carbocycles. The zero-order valence-corrected chi connectivity index (χ0v) is 12.1. The molecule has 22 heavy (non-hydrogen) atoms. The van der Waals surface area contributed by atoms with Gasteiger partial charge in [-0.1, -0.05) is 12.1 Å². The molecule has 0 unspecified atom stereocenters. The van der Waals surface area contributed by atoms with Crippen LogP contribution in [0.4, 0.5) is 5.69 Å². The monoisotopic (exact) mass is 295 g/mol. The average molecular weight is 295 g/mol. The SMILES string of the molecule is Cc1ccn2c(C=O)c(-c3ccc(C)c([N+](=O)[O-])c3)nc2c1. The molecule has 0 aliphatic heterocycles. The summed E-state index contributed by atoms with van der Waals surface area (Å²) >= 11 is 0. The summed E-state index contributed by atoms with van der Waals surface area (Å²) in [6.45, 7) is 3.61. The quantitative estimate of drug-likeness (QED) is 0.422. The van der Waals surface area contributed by atoms with Crippen molar-refractivity contribution in [1.82, 2.24) is 9.38 Å². The summed E-state index contributed by atoms with van der Waals surface area (Å²) in [5, 5.41) is 11.1. The summed E-state index contributed by atoms with van der Waals surface area (Å²) in [5.41, 5.74) is 3.64. The number of nitro benzene ring substituents is 1. The number of hydrogen-bond acceptors (Lipinski definition) is 4. The van der Waals surface area contributed by atoms with E-state index in [0.717, 1.165) is 11.8 Å². The van der Waals surface area contributed by atoms with Gasteiger partial charge in [-0.3, -0.25) is 19.3 Å². The zero-order valence-electron chi connectivity index (χ0n) is 12.1. The minimum Gasteiger partial charge on any atom is -0.297 e. The van der Waals surface area contributed by atoms with Crippen molar-refractivity contribution in [2.75, 3.05) is 0 Å². The number of carbonyl (C=O) groups excluding carboxylic acids is 1. The van der Waals surface area contributed by atoms with Crippen molar-refractivity contribution in [3.05, 3.63) is 63.5 Å². The van der Waals surface area contributed by atoms with Crippen molar-refractivity contribution in [3.8, 4) is 11.3 Å². The van der Waals surface area contributed by atoms with E-state index in [1.807, 2.05) is 19.1 Å². The Morgan fingerprint density at radius 2 is 2.00 bits per heavy atom. The highest BCUT2D eigenvalue weighted by Gasteiger charge is 2.17. The second kappa shape index (κ2) is 5.07. The molecular formula is C16H13N3O3. The molecule has 0 saturated carbocycles. The van der Waals surface area contributed by atoms with E-state index in [0.29, 0.717) is 28.2 Å². The van der Waals surface area contributed by atoms with Crippen LogP contribution >= 0.6 is 0 Å². The van der Waals surface area contributed by atoms with Gasteiger partial charge in [0, 0.05) is 23.4 Å². The van der Waals surface area contributed by atoms with Gasteiger partial charge in [-0.15, -0.1) is 0 Å². The summed E-state index contributed by atoms with van der Waals surface area (Å²) in [7, 11) is 0. The molecule has 0 fully saturated rings. The van der Waals surface area contributed by atoms with Crippen LogP contribution in [-0.4, -0.2) is 20.6 Å². The van der Waals surface area contributed by atoms with E-state index in [9.17, 15) is 14.9 Å². The average Bonchev–Trinajstić information content (AvgIpc) is 2.84. The lowest BCUT2D eigenvalue weighted by Crippen LogP contribution is -1.95. The van der Waals surface area contributed by atoms with Crippen LogP contribution in [0.1, 0.15) is 21.6 Å². The standard InChI is InChI=1S/C16H13N3O3/c1-10-5-6-18-14(9-20)16(17-15(18)7-10)12-4-3-11(2)13(8-12)19(21)22/h3-9H,1-2H3. The van der Waals surface area contributed by atoms with Gasteiger partial charge < -0.3 is 0 Å². The third-order valence-electron chi connectivity index (χ3n) is 3.61. The number of benzene rings is 1. The van der Waals surface area contributed by atoms with Gasteiger partial charge in [-0.2, -0.15) is 0 Å². The van der Waals surface area contributed by atoms with E-state index in [1.54, 1.807) is 29.7 Å². The van der Waals surface area contributed by atoms with Crippen LogP contribution in [0.15, 0.2) is 36.5 Å². The molecule has 3 rings (SSSR count). The Hall–Kier alpha value is -3.02. The second-order valence-corrected chi connectivity index (χ2v) is 5.15. The minimum absolute atomic E-state index is 0.0163. The number of nitrogens with zero attached hydrogens (tertiary/aromatic N) is 3. The Morgan fingerprint density at radius 1 is 1.23 bits per heavy atom. The van der Waals surface area contributed by atoms with E-state index < -0.39 is 4.92 Å². The number of hydrogen-bond donors (Lipinski definition) is 0. The first-order valence-electron chi connectivity index (χ1n) is 6.70. The molecule has 0 N–H and O–H groups in total. The van der Waals surface area contributed by atoms with Crippen LogP contribution in [0.2, 0.25) is 0 Å². The summed E-state index contributed by atoms with van der Waals surface area (Å²) in [5.74, 6) is 0. The predicted molar refractivity (Wildman–Crippen MR) is 82.1 cm³/mol. The van der Waals surface area contributed by atoms with Gasteiger partial charge in [0.15, 0.2) is 6.29 Å². The molecule has 0 saturated heterocycles. The molecular weight excluding hydrogens is 282 g/mol. The van der Waals surface area contributed by atoms with E-state index in [1.165, 1.54) is 6.07 Å². The number of aromatic nitrogens is 2. The maximum Gasteiger partial charge on any atom is 0.272 e. The lowest BCUT2D eigenvalue weighted by molar-refractivity contribution is -0.385. The van der Waals surface area contributed by atoms with Crippen molar-refractivity contribution in [2.45, 2.75) is 13.8 Å². The molecule has 3 aromatic rings. The lowest BCUT2D eigenvalue weighted by Gasteiger charge is -2.01. The smallest absolute Gasteiger partial charge is 0.272 e. The number of rotatable bonds is 3.